The van der Waals surface area contributed by atoms with Gasteiger partial charge in [0.15, 0.2) is 0 Å². The van der Waals surface area contributed by atoms with Crippen molar-refractivity contribution in [3.05, 3.63) is 24.4 Å². The zero-order valence-corrected chi connectivity index (χ0v) is 8.78. The molecule has 0 fully saturated rings. The van der Waals surface area contributed by atoms with Crippen molar-refractivity contribution in [1.82, 2.24) is 5.32 Å². The van der Waals surface area contributed by atoms with Crippen molar-refractivity contribution >= 4 is 0 Å². The lowest BCUT2D eigenvalue weighted by atomic mass is 10.0. The second-order valence-electron chi connectivity index (χ2n) is 3.64. The van der Waals surface area contributed by atoms with Gasteiger partial charge in [-0.15, -0.1) is 0 Å². The lowest BCUT2D eigenvalue weighted by molar-refractivity contribution is 0.409. The smallest absolute Gasteiger partial charge is 0.0312 e. The molecule has 0 saturated heterocycles. The predicted octanol–water partition coefficient (Wildman–Crippen LogP) is 3.24. The molecule has 0 amide bonds. The van der Waals surface area contributed by atoms with Gasteiger partial charge in [-0.25, -0.2) is 0 Å². The molecule has 1 N–H and O–H groups in total. The summed E-state index contributed by atoms with van der Waals surface area (Å²) in [5.74, 6) is 0. The van der Waals surface area contributed by atoms with Crippen LogP contribution in [0.3, 0.4) is 0 Å². The maximum absolute atomic E-state index is 3.69. The van der Waals surface area contributed by atoms with Crippen LogP contribution in [0.15, 0.2) is 24.4 Å². The molecule has 0 aromatic heterocycles. The van der Waals surface area contributed by atoms with E-state index in [0.717, 1.165) is 12.8 Å². The van der Waals surface area contributed by atoms with Gasteiger partial charge in [0.05, 0.1) is 0 Å². The van der Waals surface area contributed by atoms with Crippen LogP contribution in [0.1, 0.15) is 40.5 Å². The van der Waals surface area contributed by atoms with E-state index in [9.17, 15) is 0 Å². The second-order valence-corrected chi connectivity index (χ2v) is 3.64. The molecule has 0 rings (SSSR count). The molecular formula is C11H21N. The average Bonchev–Trinajstić information content (AvgIpc) is 2.03. The highest BCUT2D eigenvalue weighted by molar-refractivity contribution is 5.10. The minimum atomic E-state index is 0.199. The zero-order valence-electron chi connectivity index (χ0n) is 8.78. The first-order valence-electron chi connectivity index (χ1n) is 4.65. The fourth-order valence-electron chi connectivity index (χ4n) is 0.913. The average molecular weight is 167 g/mol. The summed E-state index contributed by atoms with van der Waals surface area (Å²) in [4.78, 5) is 0. The minimum absolute atomic E-state index is 0.199. The van der Waals surface area contributed by atoms with Gasteiger partial charge in [-0.05, 0) is 32.8 Å². The molecule has 70 valence electrons. The van der Waals surface area contributed by atoms with E-state index in [1.807, 2.05) is 12.2 Å². The monoisotopic (exact) mass is 167 g/mol. The van der Waals surface area contributed by atoms with Crippen molar-refractivity contribution < 1.29 is 0 Å². The second kappa shape index (κ2) is 5.02. The third-order valence-electron chi connectivity index (χ3n) is 2.08. The van der Waals surface area contributed by atoms with Crippen molar-refractivity contribution in [2.45, 2.75) is 46.1 Å². The molecule has 0 unspecified atom stereocenters. The topological polar surface area (TPSA) is 12.0 Å². The molecular weight excluding hydrogens is 146 g/mol. The standard InChI is InChI=1S/C11H21N/c1-6-9-10(7-2)12-11(4,5)8-3/h6,9,12H,1,7-8H2,2-5H3/b10-9+. The highest BCUT2D eigenvalue weighted by Gasteiger charge is 2.13. The van der Waals surface area contributed by atoms with Gasteiger partial charge in [0.2, 0.25) is 0 Å². The van der Waals surface area contributed by atoms with Gasteiger partial charge >= 0.3 is 0 Å². The maximum atomic E-state index is 3.69. The van der Waals surface area contributed by atoms with Crippen LogP contribution in [0.2, 0.25) is 0 Å². The molecule has 0 saturated carbocycles. The van der Waals surface area contributed by atoms with Gasteiger partial charge in [-0.2, -0.15) is 0 Å². The van der Waals surface area contributed by atoms with Crippen molar-refractivity contribution in [2.24, 2.45) is 0 Å². The number of nitrogens with one attached hydrogen (secondary N) is 1. The summed E-state index contributed by atoms with van der Waals surface area (Å²) in [7, 11) is 0. The zero-order chi connectivity index (χ0) is 9.61. The fraction of sp³-hybridized carbons (Fsp3) is 0.636. The molecule has 0 aliphatic rings. The lowest BCUT2D eigenvalue weighted by Gasteiger charge is -2.27. The van der Waals surface area contributed by atoms with Gasteiger partial charge in [0.1, 0.15) is 0 Å². The van der Waals surface area contributed by atoms with Crippen LogP contribution in [0.4, 0.5) is 0 Å². The Morgan fingerprint density at radius 3 is 2.33 bits per heavy atom. The highest BCUT2D eigenvalue weighted by Crippen LogP contribution is 2.11. The quantitative estimate of drug-likeness (QED) is 0.620. The summed E-state index contributed by atoms with van der Waals surface area (Å²) in [5, 5.41) is 3.48. The molecule has 0 heterocycles. The fourth-order valence-corrected chi connectivity index (χ4v) is 0.913. The molecule has 12 heavy (non-hydrogen) atoms. The van der Waals surface area contributed by atoms with E-state index in [1.54, 1.807) is 0 Å². The molecule has 0 spiro atoms. The molecule has 1 nitrogen and oxygen atoms in total. The molecule has 0 bridgehead atoms. The summed E-state index contributed by atoms with van der Waals surface area (Å²) in [5.41, 5.74) is 1.46. The Kier molecular flexibility index (Phi) is 4.72. The Hall–Kier alpha value is -0.720. The Bertz CT molecular complexity index is 166. The van der Waals surface area contributed by atoms with Crippen LogP contribution < -0.4 is 5.32 Å². The van der Waals surface area contributed by atoms with E-state index >= 15 is 0 Å². The van der Waals surface area contributed by atoms with Crippen molar-refractivity contribution in [1.29, 1.82) is 0 Å². The number of hydrogen-bond acceptors (Lipinski definition) is 1. The number of allylic oxidation sites excluding steroid dienone is 3. The molecule has 0 aromatic carbocycles. The van der Waals surface area contributed by atoms with Crippen LogP contribution >= 0.6 is 0 Å². The first kappa shape index (κ1) is 11.3. The third kappa shape index (κ3) is 4.22. The van der Waals surface area contributed by atoms with Gasteiger partial charge in [0, 0.05) is 11.2 Å². The Balaban J connectivity index is 4.20. The Morgan fingerprint density at radius 2 is 2.00 bits per heavy atom. The molecule has 0 radical (unpaired) electrons. The van der Waals surface area contributed by atoms with Crippen LogP contribution in [0, 0.1) is 0 Å². The van der Waals surface area contributed by atoms with Gasteiger partial charge in [-0.1, -0.05) is 26.5 Å². The van der Waals surface area contributed by atoms with Gasteiger partial charge in [-0.3, -0.25) is 0 Å². The van der Waals surface area contributed by atoms with Crippen LogP contribution in [0.5, 0.6) is 0 Å². The van der Waals surface area contributed by atoms with E-state index < -0.39 is 0 Å². The normalized spacial score (nSPS) is 12.8. The first-order valence-corrected chi connectivity index (χ1v) is 4.65. The number of rotatable bonds is 5. The molecule has 0 aliphatic carbocycles. The highest BCUT2D eigenvalue weighted by atomic mass is 15.0. The Morgan fingerprint density at radius 1 is 1.42 bits per heavy atom. The van der Waals surface area contributed by atoms with Crippen molar-refractivity contribution in [3.8, 4) is 0 Å². The first-order chi connectivity index (χ1) is 5.55. The molecule has 0 aromatic rings. The van der Waals surface area contributed by atoms with Crippen LogP contribution in [0.25, 0.3) is 0 Å². The summed E-state index contributed by atoms with van der Waals surface area (Å²) < 4.78 is 0. The van der Waals surface area contributed by atoms with E-state index in [-0.39, 0.29) is 5.54 Å². The molecule has 0 aliphatic heterocycles. The van der Waals surface area contributed by atoms with Gasteiger partial charge in [0.25, 0.3) is 0 Å². The van der Waals surface area contributed by atoms with Crippen molar-refractivity contribution in [3.63, 3.8) is 0 Å². The minimum Gasteiger partial charge on any atom is -0.383 e. The van der Waals surface area contributed by atoms with Gasteiger partial charge < -0.3 is 5.32 Å². The summed E-state index contributed by atoms with van der Waals surface area (Å²) in [6, 6.07) is 0. The van der Waals surface area contributed by atoms with Crippen LogP contribution in [-0.2, 0) is 0 Å². The summed E-state index contributed by atoms with van der Waals surface area (Å²) >= 11 is 0. The van der Waals surface area contributed by atoms with E-state index in [2.05, 4.69) is 39.6 Å². The third-order valence-corrected chi connectivity index (χ3v) is 2.08. The summed E-state index contributed by atoms with van der Waals surface area (Å²) in [6.45, 7) is 12.4. The van der Waals surface area contributed by atoms with Crippen LogP contribution in [-0.4, -0.2) is 5.54 Å². The molecule has 1 heteroatoms. The van der Waals surface area contributed by atoms with E-state index in [0.29, 0.717) is 0 Å². The SMILES string of the molecule is C=C/C=C(\CC)NC(C)(C)CC. The molecule has 0 atom stereocenters. The number of hydrogen-bond donors (Lipinski definition) is 1. The Labute approximate surface area is 76.6 Å². The maximum Gasteiger partial charge on any atom is 0.0312 e. The lowest BCUT2D eigenvalue weighted by Crippen LogP contribution is -2.37. The van der Waals surface area contributed by atoms with E-state index in [4.69, 9.17) is 0 Å². The predicted molar refractivity (Wildman–Crippen MR) is 56.1 cm³/mol. The summed E-state index contributed by atoms with van der Waals surface area (Å²) in [6.07, 6.45) is 6.03. The van der Waals surface area contributed by atoms with E-state index in [1.165, 1.54) is 5.70 Å². The largest absolute Gasteiger partial charge is 0.383 e. The van der Waals surface area contributed by atoms with Crippen molar-refractivity contribution in [2.75, 3.05) is 0 Å².